The van der Waals surface area contributed by atoms with Gasteiger partial charge in [0.2, 0.25) is 0 Å². The van der Waals surface area contributed by atoms with Gasteiger partial charge in [0.25, 0.3) is 5.56 Å². The highest BCUT2D eigenvalue weighted by atomic mass is 16.5. The first-order valence-corrected chi connectivity index (χ1v) is 9.35. The number of aryl methyl sites for hydroxylation is 1. The Morgan fingerprint density at radius 2 is 2.15 bits per heavy atom. The van der Waals surface area contributed by atoms with Gasteiger partial charge in [0.15, 0.2) is 0 Å². The maximum Gasteiger partial charge on any atom is 0.258 e. The van der Waals surface area contributed by atoms with E-state index in [4.69, 9.17) is 14.5 Å². The van der Waals surface area contributed by atoms with E-state index in [1.807, 2.05) is 32.4 Å². The predicted molar refractivity (Wildman–Crippen MR) is 99.4 cm³/mol. The van der Waals surface area contributed by atoms with Crippen LogP contribution in [0.25, 0.3) is 5.65 Å². The SMILES string of the molecule is COC1CC[C@@]2(OC)CCN(Cc3cc(=O)n4cc(C)ccc4n3)C2C1. The van der Waals surface area contributed by atoms with Crippen molar-refractivity contribution >= 4 is 5.65 Å². The van der Waals surface area contributed by atoms with Crippen molar-refractivity contribution in [2.24, 2.45) is 0 Å². The summed E-state index contributed by atoms with van der Waals surface area (Å²) in [4.78, 5) is 19.6. The van der Waals surface area contributed by atoms with E-state index in [0.717, 1.165) is 43.5 Å². The second kappa shape index (κ2) is 6.76. The third kappa shape index (κ3) is 2.96. The number of likely N-dealkylation sites (tertiary alicyclic amines) is 1. The topological polar surface area (TPSA) is 56.1 Å². The molecule has 1 saturated carbocycles. The molecule has 0 radical (unpaired) electrons. The minimum absolute atomic E-state index is 0.0238. The van der Waals surface area contributed by atoms with Gasteiger partial charge in [-0.1, -0.05) is 6.07 Å². The lowest BCUT2D eigenvalue weighted by Crippen LogP contribution is -2.51. The quantitative estimate of drug-likeness (QED) is 0.839. The Labute approximate surface area is 153 Å². The molecule has 26 heavy (non-hydrogen) atoms. The fourth-order valence-electron chi connectivity index (χ4n) is 4.71. The number of rotatable bonds is 4. The van der Waals surface area contributed by atoms with Crippen molar-refractivity contribution in [3.05, 3.63) is 46.0 Å². The molecule has 2 aliphatic rings. The van der Waals surface area contributed by atoms with Gasteiger partial charge in [0.05, 0.1) is 17.4 Å². The minimum atomic E-state index is -0.0853. The largest absolute Gasteiger partial charge is 0.381 e. The van der Waals surface area contributed by atoms with E-state index >= 15 is 0 Å². The summed E-state index contributed by atoms with van der Waals surface area (Å²) in [5, 5.41) is 0. The lowest BCUT2D eigenvalue weighted by molar-refractivity contribution is -0.0948. The van der Waals surface area contributed by atoms with Crippen LogP contribution < -0.4 is 5.56 Å². The molecular formula is C20H27N3O3. The second-order valence-electron chi connectivity index (χ2n) is 7.66. The van der Waals surface area contributed by atoms with Crippen molar-refractivity contribution in [2.45, 2.75) is 56.9 Å². The molecule has 0 spiro atoms. The fraction of sp³-hybridized carbons (Fsp3) is 0.600. The Kier molecular flexibility index (Phi) is 4.59. The van der Waals surface area contributed by atoms with Crippen molar-refractivity contribution in [3.8, 4) is 0 Å². The van der Waals surface area contributed by atoms with E-state index in [0.29, 0.717) is 18.2 Å². The summed E-state index contributed by atoms with van der Waals surface area (Å²) in [6, 6.07) is 5.87. The average Bonchev–Trinajstić information content (AvgIpc) is 3.00. The number of hydrogen-bond acceptors (Lipinski definition) is 5. The molecule has 3 heterocycles. The van der Waals surface area contributed by atoms with Gasteiger partial charge in [-0.25, -0.2) is 4.98 Å². The van der Waals surface area contributed by atoms with Crippen LogP contribution >= 0.6 is 0 Å². The first-order valence-electron chi connectivity index (χ1n) is 9.35. The number of ether oxygens (including phenoxy) is 2. The Balaban J connectivity index is 1.61. The number of fused-ring (bicyclic) bond motifs is 2. The van der Waals surface area contributed by atoms with E-state index in [1.54, 1.807) is 17.6 Å². The zero-order valence-corrected chi connectivity index (χ0v) is 15.8. The Morgan fingerprint density at radius 3 is 2.92 bits per heavy atom. The van der Waals surface area contributed by atoms with Crippen LogP contribution in [0.5, 0.6) is 0 Å². The molecule has 6 heteroatoms. The number of hydrogen-bond donors (Lipinski definition) is 0. The standard InChI is InChI=1S/C20H27N3O3/c1-14-4-5-18-21-15(10-19(24)23(18)12-14)13-22-9-8-20(26-3)7-6-16(25-2)11-17(20)22/h4-5,10,12,16-17H,6-9,11,13H2,1-3H3/t16?,17?,20-/m1/s1. The fourth-order valence-corrected chi connectivity index (χ4v) is 4.71. The minimum Gasteiger partial charge on any atom is -0.381 e. The van der Waals surface area contributed by atoms with Crippen LogP contribution in [0.4, 0.5) is 0 Å². The van der Waals surface area contributed by atoms with Crippen LogP contribution in [0.15, 0.2) is 29.2 Å². The lowest BCUT2D eigenvalue weighted by Gasteiger charge is -2.43. The molecule has 2 aromatic rings. The molecular weight excluding hydrogens is 330 g/mol. The van der Waals surface area contributed by atoms with Gasteiger partial charge in [-0.2, -0.15) is 0 Å². The van der Waals surface area contributed by atoms with Crippen molar-refractivity contribution in [1.82, 2.24) is 14.3 Å². The molecule has 3 atom stereocenters. The van der Waals surface area contributed by atoms with Crippen LogP contribution in [-0.2, 0) is 16.0 Å². The van der Waals surface area contributed by atoms with Gasteiger partial charge in [-0.3, -0.25) is 14.1 Å². The van der Waals surface area contributed by atoms with E-state index in [9.17, 15) is 4.79 Å². The number of aromatic nitrogens is 2. The third-order valence-corrected chi connectivity index (χ3v) is 6.21. The van der Waals surface area contributed by atoms with Crippen molar-refractivity contribution < 1.29 is 9.47 Å². The predicted octanol–water partition coefficient (Wildman–Crippen LogP) is 2.16. The van der Waals surface area contributed by atoms with Gasteiger partial charge >= 0.3 is 0 Å². The van der Waals surface area contributed by atoms with Gasteiger partial charge < -0.3 is 9.47 Å². The highest BCUT2D eigenvalue weighted by molar-refractivity contribution is 5.40. The Hall–Kier alpha value is -1.76. The Morgan fingerprint density at radius 1 is 1.31 bits per heavy atom. The molecule has 0 N–H and O–H groups in total. The van der Waals surface area contributed by atoms with E-state index in [2.05, 4.69) is 4.90 Å². The third-order valence-electron chi connectivity index (χ3n) is 6.21. The summed E-state index contributed by atoms with van der Waals surface area (Å²) in [5.41, 5.74) is 2.47. The van der Waals surface area contributed by atoms with Crippen molar-refractivity contribution in [2.75, 3.05) is 20.8 Å². The number of nitrogens with zero attached hydrogens (tertiary/aromatic N) is 3. The summed E-state index contributed by atoms with van der Waals surface area (Å²) in [6.45, 7) is 3.61. The highest BCUT2D eigenvalue weighted by Gasteiger charge is 2.51. The molecule has 2 unspecified atom stereocenters. The van der Waals surface area contributed by atoms with Gasteiger partial charge in [0, 0.05) is 45.6 Å². The molecule has 0 aromatic carbocycles. The second-order valence-corrected chi connectivity index (χ2v) is 7.66. The molecule has 6 nitrogen and oxygen atoms in total. The van der Waals surface area contributed by atoms with Crippen molar-refractivity contribution in [3.63, 3.8) is 0 Å². The molecule has 1 aliphatic heterocycles. The summed E-state index contributed by atoms with van der Waals surface area (Å²) in [6.07, 6.45) is 6.18. The van der Waals surface area contributed by atoms with E-state index < -0.39 is 0 Å². The van der Waals surface area contributed by atoms with Crippen LogP contribution in [0.1, 0.15) is 36.9 Å². The molecule has 1 aliphatic carbocycles. The lowest BCUT2D eigenvalue weighted by atomic mass is 9.79. The molecule has 140 valence electrons. The summed E-state index contributed by atoms with van der Waals surface area (Å²) >= 11 is 0. The molecule has 1 saturated heterocycles. The number of pyridine rings is 1. The smallest absolute Gasteiger partial charge is 0.258 e. The zero-order valence-electron chi connectivity index (χ0n) is 15.8. The summed E-state index contributed by atoms with van der Waals surface area (Å²) in [7, 11) is 3.62. The average molecular weight is 357 g/mol. The van der Waals surface area contributed by atoms with Crippen LogP contribution in [0.3, 0.4) is 0 Å². The van der Waals surface area contributed by atoms with Crippen LogP contribution in [0, 0.1) is 6.92 Å². The maximum absolute atomic E-state index is 12.5. The van der Waals surface area contributed by atoms with Crippen LogP contribution in [-0.4, -0.2) is 52.8 Å². The Bertz CT molecular complexity index is 865. The first kappa shape index (κ1) is 17.6. The molecule has 0 amide bonds. The normalized spacial score (nSPS) is 29.2. The van der Waals surface area contributed by atoms with Crippen LogP contribution in [0.2, 0.25) is 0 Å². The first-order chi connectivity index (χ1) is 12.5. The molecule has 2 fully saturated rings. The number of methoxy groups -OCH3 is 2. The monoisotopic (exact) mass is 357 g/mol. The molecule has 0 bridgehead atoms. The maximum atomic E-state index is 12.5. The van der Waals surface area contributed by atoms with E-state index in [1.165, 1.54) is 0 Å². The highest BCUT2D eigenvalue weighted by Crippen LogP contribution is 2.43. The van der Waals surface area contributed by atoms with Gasteiger partial charge in [-0.15, -0.1) is 0 Å². The summed E-state index contributed by atoms with van der Waals surface area (Å²) in [5.74, 6) is 0. The van der Waals surface area contributed by atoms with E-state index in [-0.39, 0.29) is 17.3 Å². The van der Waals surface area contributed by atoms with Gasteiger partial charge in [-0.05, 0) is 44.2 Å². The van der Waals surface area contributed by atoms with Gasteiger partial charge in [0.1, 0.15) is 5.65 Å². The van der Waals surface area contributed by atoms with Crippen molar-refractivity contribution in [1.29, 1.82) is 0 Å². The summed E-state index contributed by atoms with van der Waals surface area (Å²) < 4.78 is 13.2. The zero-order chi connectivity index (χ0) is 18.3. The molecule has 4 rings (SSSR count). The molecule has 2 aromatic heterocycles.